The minimum absolute atomic E-state index is 0.267. The number of hydrogen-bond acceptors (Lipinski definition) is 4. The number of halogens is 4. The molecule has 0 fully saturated rings. The number of amides is 1. The van der Waals surface area contributed by atoms with Gasteiger partial charge >= 0.3 is 0 Å². The summed E-state index contributed by atoms with van der Waals surface area (Å²) in [5.41, 5.74) is 3.60. The molecule has 24 heavy (non-hydrogen) atoms. The maximum Gasteiger partial charge on any atom is 0.283 e. The third kappa shape index (κ3) is 3.43. The highest BCUT2D eigenvalue weighted by atomic mass is 35.5. The molecule has 2 aromatic heterocycles. The van der Waals surface area contributed by atoms with E-state index in [0.29, 0.717) is 30.0 Å². The van der Waals surface area contributed by atoms with Crippen LogP contribution in [0.1, 0.15) is 22.2 Å². The molecule has 3 rings (SSSR count). The number of hydrazone groups is 1. The van der Waals surface area contributed by atoms with Crippen molar-refractivity contribution in [3.05, 3.63) is 54.2 Å². The summed E-state index contributed by atoms with van der Waals surface area (Å²) in [4.78, 5) is 12.6. The largest absolute Gasteiger partial charge is 0.283 e. The molecule has 0 aliphatic heterocycles. The van der Waals surface area contributed by atoms with Gasteiger partial charge in [0.15, 0.2) is 0 Å². The number of carbonyl (C=O) groups excluding carboxylic acids is 1. The fraction of sp³-hybridized carbons (Fsp3) is 0.0667. The third-order valence-electron chi connectivity index (χ3n) is 3.17. The summed E-state index contributed by atoms with van der Waals surface area (Å²) in [6.07, 6.45) is 0. The Morgan fingerprint density at radius 3 is 2.62 bits per heavy atom. The quantitative estimate of drug-likeness (QED) is 0.396. The first-order chi connectivity index (χ1) is 11.4. The van der Waals surface area contributed by atoms with Gasteiger partial charge in [-0.25, -0.2) is 9.82 Å². The molecule has 2 heterocycles. The maximum absolute atomic E-state index is 13.3. The van der Waals surface area contributed by atoms with Crippen LogP contribution >= 0.6 is 57.5 Å². The second kappa shape index (κ2) is 6.98. The van der Waals surface area contributed by atoms with Crippen LogP contribution in [0.15, 0.2) is 29.4 Å². The molecule has 1 amide bonds. The molecule has 0 aliphatic carbocycles. The summed E-state index contributed by atoms with van der Waals surface area (Å²) < 4.78 is 14.9. The van der Waals surface area contributed by atoms with Crippen molar-refractivity contribution >= 4 is 79.2 Å². The summed E-state index contributed by atoms with van der Waals surface area (Å²) >= 11 is 20.5. The molecule has 1 aromatic carbocycles. The van der Waals surface area contributed by atoms with Crippen LogP contribution in [-0.2, 0) is 0 Å². The van der Waals surface area contributed by atoms with Gasteiger partial charge in [-0.3, -0.25) is 4.79 Å². The van der Waals surface area contributed by atoms with Gasteiger partial charge in [-0.05, 0) is 31.2 Å². The van der Waals surface area contributed by atoms with Gasteiger partial charge < -0.3 is 0 Å². The second-order valence-corrected chi connectivity index (χ2v) is 8.48. The second-order valence-electron chi connectivity index (χ2n) is 4.76. The highest BCUT2D eigenvalue weighted by Crippen LogP contribution is 2.35. The molecule has 9 heteroatoms. The zero-order valence-corrected chi connectivity index (χ0v) is 15.9. The van der Waals surface area contributed by atoms with Crippen molar-refractivity contribution in [3.8, 4) is 0 Å². The van der Waals surface area contributed by atoms with Crippen LogP contribution in [0.3, 0.4) is 0 Å². The van der Waals surface area contributed by atoms with Crippen molar-refractivity contribution in [2.75, 3.05) is 0 Å². The number of nitrogens with zero attached hydrogens (tertiary/aromatic N) is 1. The van der Waals surface area contributed by atoms with Crippen LogP contribution in [0.25, 0.3) is 10.1 Å². The zero-order valence-electron chi connectivity index (χ0n) is 12.0. The van der Waals surface area contributed by atoms with Crippen LogP contribution in [0, 0.1) is 5.82 Å². The Hall–Kier alpha value is -1.18. The summed E-state index contributed by atoms with van der Waals surface area (Å²) in [6.45, 7) is 1.70. The lowest BCUT2D eigenvalue weighted by Crippen LogP contribution is -2.18. The summed E-state index contributed by atoms with van der Waals surface area (Å²) in [7, 11) is 0. The van der Waals surface area contributed by atoms with Gasteiger partial charge in [-0.15, -0.1) is 22.7 Å². The number of nitrogens with one attached hydrogen (secondary N) is 1. The molecule has 0 atom stereocenters. The minimum Gasteiger partial charge on any atom is -0.266 e. The lowest BCUT2D eigenvalue weighted by Gasteiger charge is -2.01. The van der Waals surface area contributed by atoms with Crippen molar-refractivity contribution in [3.63, 3.8) is 0 Å². The van der Waals surface area contributed by atoms with Gasteiger partial charge in [0.05, 0.1) is 15.1 Å². The number of fused-ring (bicyclic) bond motifs is 1. The highest BCUT2D eigenvalue weighted by Gasteiger charge is 2.17. The van der Waals surface area contributed by atoms with Gasteiger partial charge in [0.2, 0.25) is 0 Å². The molecule has 0 unspecified atom stereocenters. The number of rotatable bonds is 3. The van der Waals surface area contributed by atoms with Crippen LogP contribution in [0.4, 0.5) is 4.39 Å². The molecular weight excluding hydrogens is 414 g/mol. The van der Waals surface area contributed by atoms with Crippen LogP contribution < -0.4 is 5.43 Å². The van der Waals surface area contributed by atoms with Gasteiger partial charge in [0.25, 0.3) is 5.91 Å². The maximum atomic E-state index is 13.3. The van der Waals surface area contributed by atoms with E-state index in [0.717, 1.165) is 11.3 Å². The van der Waals surface area contributed by atoms with E-state index in [1.165, 1.54) is 23.5 Å². The molecule has 0 bridgehead atoms. The Balaban J connectivity index is 1.86. The summed E-state index contributed by atoms with van der Waals surface area (Å²) in [5.74, 6) is -0.858. The first kappa shape index (κ1) is 17.6. The highest BCUT2D eigenvalue weighted by molar-refractivity contribution is 7.21. The van der Waals surface area contributed by atoms with Crippen molar-refractivity contribution in [2.45, 2.75) is 6.92 Å². The van der Waals surface area contributed by atoms with E-state index >= 15 is 0 Å². The average Bonchev–Trinajstić information content (AvgIpc) is 3.04. The van der Waals surface area contributed by atoms with E-state index in [4.69, 9.17) is 34.8 Å². The normalized spacial score (nSPS) is 12.0. The lowest BCUT2D eigenvalue weighted by molar-refractivity contribution is 0.0959. The number of hydrogen-bond donors (Lipinski definition) is 1. The van der Waals surface area contributed by atoms with Gasteiger partial charge in [0, 0.05) is 15.6 Å². The monoisotopic (exact) mass is 420 g/mol. The van der Waals surface area contributed by atoms with Gasteiger partial charge in [-0.2, -0.15) is 5.10 Å². The molecule has 124 valence electrons. The fourth-order valence-electron chi connectivity index (χ4n) is 2.02. The lowest BCUT2D eigenvalue weighted by atomic mass is 10.2. The van der Waals surface area contributed by atoms with Crippen LogP contribution in [-0.4, -0.2) is 11.6 Å². The standard InChI is InChI=1S/C15H8Cl3FN2OS2/c1-6(9-5-11(16)24-14(9)18)20-21-15(22)13-12(17)8-3-2-7(19)4-10(8)23-13/h2-5H,1H3,(H,21,22)/b20-6-. The van der Waals surface area contributed by atoms with E-state index in [-0.39, 0.29) is 15.7 Å². The fourth-order valence-corrected chi connectivity index (χ4v) is 5.01. The topological polar surface area (TPSA) is 41.5 Å². The van der Waals surface area contributed by atoms with Crippen molar-refractivity contribution < 1.29 is 9.18 Å². The molecule has 3 nitrogen and oxygen atoms in total. The number of benzene rings is 1. The third-order valence-corrected chi connectivity index (χ3v) is 6.31. The van der Waals surface area contributed by atoms with Crippen LogP contribution in [0.5, 0.6) is 0 Å². The summed E-state index contributed by atoms with van der Waals surface area (Å²) in [5, 5.41) is 4.93. The molecule has 0 spiro atoms. The van der Waals surface area contributed by atoms with Crippen molar-refractivity contribution in [1.82, 2.24) is 5.43 Å². The first-order valence-electron chi connectivity index (χ1n) is 6.54. The van der Waals surface area contributed by atoms with Gasteiger partial charge in [0.1, 0.15) is 15.0 Å². The Morgan fingerprint density at radius 1 is 1.21 bits per heavy atom. The number of carbonyl (C=O) groups is 1. The van der Waals surface area contributed by atoms with Crippen molar-refractivity contribution in [2.24, 2.45) is 5.10 Å². The molecule has 0 saturated carbocycles. The van der Waals surface area contributed by atoms with Crippen LogP contribution in [0.2, 0.25) is 13.7 Å². The van der Waals surface area contributed by atoms with E-state index in [1.54, 1.807) is 19.1 Å². The van der Waals surface area contributed by atoms with E-state index in [1.807, 2.05) is 0 Å². The Labute approximate surface area is 159 Å². The Bertz CT molecular complexity index is 981. The van der Waals surface area contributed by atoms with E-state index in [2.05, 4.69) is 10.5 Å². The smallest absolute Gasteiger partial charge is 0.266 e. The Kier molecular flexibility index (Phi) is 5.13. The molecule has 1 N–H and O–H groups in total. The molecule has 0 saturated heterocycles. The molecule has 3 aromatic rings. The molecular formula is C15H8Cl3FN2OS2. The summed E-state index contributed by atoms with van der Waals surface area (Å²) in [6, 6.07) is 5.86. The first-order valence-corrected chi connectivity index (χ1v) is 9.31. The molecule has 0 radical (unpaired) electrons. The predicted molar refractivity (Wildman–Crippen MR) is 101 cm³/mol. The minimum atomic E-state index is -0.474. The Morgan fingerprint density at radius 2 is 1.96 bits per heavy atom. The predicted octanol–water partition coefficient (Wildman–Crippen LogP) is 6.22. The van der Waals surface area contributed by atoms with E-state index in [9.17, 15) is 9.18 Å². The molecule has 0 aliphatic rings. The van der Waals surface area contributed by atoms with Crippen molar-refractivity contribution in [1.29, 1.82) is 0 Å². The zero-order chi connectivity index (χ0) is 17.4. The number of thiophene rings is 2. The van der Waals surface area contributed by atoms with E-state index < -0.39 is 5.91 Å². The van der Waals surface area contributed by atoms with Gasteiger partial charge in [-0.1, -0.05) is 34.8 Å². The SMILES string of the molecule is C/C(=N/NC(=O)c1sc2cc(F)ccc2c1Cl)c1cc(Cl)sc1Cl. The average molecular weight is 422 g/mol.